The number of benzene rings is 4. The van der Waals surface area contributed by atoms with Crippen LogP contribution in [-0.2, 0) is 30.3 Å². The molecule has 0 nitrogen and oxygen atoms in total. The molecule has 2 aliphatic rings. The van der Waals surface area contributed by atoms with Crippen molar-refractivity contribution in [2.24, 2.45) is 0 Å². The maximum absolute atomic E-state index is 3.30. The monoisotopic (exact) mass is 646 g/mol. The zero-order chi connectivity index (χ0) is 22.0. The summed E-state index contributed by atoms with van der Waals surface area (Å²) in [5, 5.41) is 0. The van der Waals surface area contributed by atoms with Gasteiger partial charge in [-0.2, -0.15) is 35.9 Å². The Bertz CT molecular complexity index is 1130. The van der Waals surface area contributed by atoms with Crippen LogP contribution in [0.25, 0.3) is 11.1 Å². The van der Waals surface area contributed by atoms with Crippen molar-refractivity contribution < 1.29 is 48.7 Å². The van der Waals surface area contributed by atoms with E-state index in [1.54, 1.807) is 0 Å². The minimum absolute atomic E-state index is 0. The number of fused-ring (bicyclic) bond motifs is 3. The third-order valence-electron chi connectivity index (χ3n) is 5.33. The summed E-state index contributed by atoms with van der Waals surface area (Å²) in [4.78, 5) is 0. The number of hydrogen-bond donors (Lipinski definition) is 0. The van der Waals surface area contributed by atoms with Gasteiger partial charge in [0, 0.05) is 0 Å². The summed E-state index contributed by atoms with van der Waals surface area (Å²) in [6, 6.07) is 39.3. The summed E-state index contributed by atoms with van der Waals surface area (Å²) in [7, 11) is 0. The normalized spacial score (nSPS) is 11.4. The van der Waals surface area contributed by atoms with Gasteiger partial charge in [-0.15, -0.1) is 12.0 Å². The van der Waals surface area contributed by atoms with E-state index in [1.807, 2.05) is 18.2 Å². The average Bonchev–Trinajstić information content (AvgIpc) is 3.57. The van der Waals surface area contributed by atoms with Crippen LogP contribution in [-0.4, -0.2) is 3.26 Å². The maximum atomic E-state index is 3.30. The standard InChI is InChI=1S/C13H9.C13H10.C5H5.2ClH.Hf/c1-3-7-12-10(5-1)9-11-6-2-4-8-13(11)12;1-3-7-12(8-4-1)11-13-9-5-2-6-10-13;1-2-4-5-3-1;;;/h1-5,7-8H,9H2;1-10H;1-3H,4H2;2*1H;/q-1;;-1;;;+2/p-2. The second-order valence-corrected chi connectivity index (χ2v) is 9.30. The Labute approximate surface area is 230 Å². The van der Waals surface area contributed by atoms with Crippen LogP contribution in [0, 0.1) is 12.1 Å². The molecule has 2 aliphatic carbocycles. The average molecular weight is 646 g/mol. The predicted molar refractivity (Wildman–Crippen MR) is 131 cm³/mol. The quantitative estimate of drug-likeness (QED) is 0.200. The van der Waals surface area contributed by atoms with E-state index in [-0.39, 0.29) is 24.8 Å². The van der Waals surface area contributed by atoms with Crippen molar-refractivity contribution >= 4 is 3.26 Å². The first-order valence-electron chi connectivity index (χ1n) is 10.8. The maximum Gasteiger partial charge on any atom is -0.0253 e. The molecule has 4 aromatic carbocycles. The smallest absolute Gasteiger partial charge is 0.0253 e. The van der Waals surface area contributed by atoms with Gasteiger partial charge in [0.2, 0.25) is 0 Å². The molecule has 0 radical (unpaired) electrons. The number of rotatable bonds is 2. The first-order valence-corrected chi connectivity index (χ1v) is 12.6. The Morgan fingerprint density at radius 3 is 1.82 bits per heavy atom. The summed E-state index contributed by atoms with van der Waals surface area (Å²) < 4.78 is 1.46. The van der Waals surface area contributed by atoms with Gasteiger partial charge in [0.1, 0.15) is 0 Å². The van der Waals surface area contributed by atoms with Gasteiger partial charge in [-0.25, -0.2) is 12.2 Å². The van der Waals surface area contributed by atoms with Gasteiger partial charge in [-0.3, -0.25) is 6.08 Å². The summed E-state index contributed by atoms with van der Waals surface area (Å²) in [6.45, 7) is 0. The van der Waals surface area contributed by atoms with Crippen LogP contribution in [0.5, 0.6) is 0 Å². The topological polar surface area (TPSA) is 0 Å². The zero-order valence-corrected chi connectivity index (χ0v) is 23.8. The molecule has 0 saturated carbocycles. The van der Waals surface area contributed by atoms with Gasteiger partial charge in [0.15, 0.2) is 0 Å². The Kier molecular flexibility index (Phi) is 12.2. The molecule has 0 atom stereocenters. The van der Waals surface area contributed by atoms with Gasteiger partial charge in [0.05, 0.1) is 0 Å². The molecule has 0 aromatic heterocycles. The van der Waals surface area contributed by atoms with Crippen molar-refractivity contribution in [2.45, 2.75) is 12.8 Å². The van der Waals surface area contributed by atoms with Crippen LogP contribution in [0.15, 0.2) is 121 Å². The summed E-state index contributed by atoms with van der Waals surface area (Å²) in [5.74, 6) is 0. The second-order valence-electron chi connectivity index (χ2n) is 7.51. The molecule has 0 heterocycles. The summed E-state index contributed by atoms with van der Waals surface area (Å²) in [5.41, 5.74) is 8.21. The zero-order valence-electron chi connectivity index (χ0n) is 18.7. The summed E-state index contributed by atoms with van der Waals surface area (Å²) in [6.07, 6.45) is 11.0. The first-order chi connectivity index (χ1) is 15.8. The van der Waals surface area contributed by atoms with Crippen molar-refractivity contribution in [3.63, 3.8) is 0 Å². The molecule has 0 saturated heterocycles. The molecule has 0 bridgehead atoms. The van der Waals surface area contributed by atoms with Crippen LogP contribution in [0.4, 0.5) is 0 Å². The molecule has 0 aliphatic heterocycles. The molecule has 4 aromatic rings. The van der Waals surface area contributed by atoms with E-state index >= 15 is 0 Å². The van der Waals surface area contributed by atoms with E-state index in [0.29, 0.717) is 0 Å². The number of hydrogen-bond acceptors (Lipinski definition) is 0. The van der Waals surface area contributed by atoms with Crippen molar-refractivity contribution in [3.8, 4) is 11.1 Å². The van der Waals surface area contributed by atoms with Gasteiger partial charge < -0.3 is 24.8 Å². The van der Waals surface area contributed by atoms with E-state index in [1.165, 1.54) is 36.6 Å². The Hall–Kier alpha value is -2.32. The SMILES string of the molecule is [C-]1=CC=CC1.[Cl-].[Cl-].[Hf+2]=[C](c1ccccc1)c1ccccc1.[c-]1cccc2c1Cc1ccccc1-2. The number of allylic oxidation sites excluding steroid dienone is 4. The minimum atomic E-state index is 0. The Morgan fingerprint density at radius 2 is 1.26 bits per heavy atom. The van der Waals surface area contributed by atoms with Crippen molar-refractivity contribution in [3.05, 3.63) is 156 Å². The van der Waals surface area contributed by atoms with Crippen LogP contribution in [0.2, 0.25) is 0 Å². The van der Waals surface area contributed by atoms with E-state index < -0.39 is 0 Å². The van der Waals surface area contributed by atoms with E-state index in [4.69, 9.17) is 0 Å². The second kappa shape index (κ2) is 14.8. The van der Waals surface area contributed by atoms with Crippen molar-refractivity contribution in [1.29, 1.82) is 0 Å². The Morgan fingerprint density at radius 1 is 0.676 bits per heavy atom. The van der Waals surface area contributed by atoms with Crippen LogP contribution in [0.1, 0.15) is 28.7 Å². The van der Waals surface area contributed by atoms with E-state index in [0.717, 1.165) is 36.7 Å². The molecule has 168 valence electrons. The molecular weight excluding hydrogens is 622 g/mol. The van der Waals surface area contributed by atoms with E-state index in [9.17, 15) is 0 Å². The Balaban J connectivity index is 0.000000191. The molecule has 0 fully saturated rings. The van der Waals surface area contributed by atoms with Gasteiger partial charge in [-0.1, -0.05) is 35.4 Å². The fraction of sp³-hybridized carbons (Fsp3) is 0.0645. The molecule has 3 heteroatoms. The molecule has 0 unspecified atom stereocenters. The minimum Gasteiger partial charge on any atom is -0.179 e. The van der Waals surface area contributed by atoms with Gasteiger partial charge in [-0.05, 0) is 6.42 Å². The fourth-order valence-corrected chi connectivity index (χ4v) is 4.91. The fourth-order valence-electron chi connectivity index (χ4n) is 3.71. The largest absolute Gasteiger partial charge is 0.179 e. The van der Waals surface area contributed by atoms with Crippen LogP contribution < -0.4 is 24.8 Å². The van der Waals surface area contributed by atoms with Crippen LogP contribution in [0.3, 0.4) is 0 Å². The van der Waals surface area contributed by atoms with E-state index in [2.05, 4.69) is 115 Å². The third kappa shape index (κ3) is 7.60. The molecule has 34 heavy (non-hydrogen) atoms. The molecule has 0 amide bonds. The predicted octanol–water partition coefficient (Wildman–Crippen LogP) is 1.17. The first kappa shape index (κ1) is 27.9. The third-order valence-corrected chi connectivity index (χ3v) is 7.40. The molecule has 0 spiro atoms. The van der Waals surface area contributed by atoms with Gasteiger partial charge in [0.25, 0.3) is 0 Å². The summed E-state index contributed by atoms with van der Waals surface area (Å²) >= 11 is 1.08. The molecular formula is C31H24Cl2Hf-2. The van der Waals surface area contributed by atoms with Crippen molar-refractivity contribution in [1.82, 2.24) is 0 Å². The molecule has 6 rings (SSSR count). The van der Waals surface area contributed by atoms with Crippen molar-refractivity contribution in [2.75, 3.05) is 0 Å². The van der Waals surface area contributed by atoms with Gasteiger partial charge >= 0.3 is 98.9 Å². The molecule has 0 N–H and O–H groups in total. The van der Waals surface area contributed by atoms with Crippen LogP contribution >= 0.6 is 0 Å². The number of halogens is 2.